The average Bonchev–Trinajstić information content (AvgIpc) is 2.80. The number of hydrogen-bond donors (Lipinski definition) is 1. The minimum atomic E-state index is -2.15. The van der Waals surface area contributed by atoms with Gasteiger partial charge in [0.1, 0.15) is 6.61 Å². The molecular weight excluding hydrogens is 454 g/mol. The molecule has 2 rings (SSSR count). The van der Waals surface area contributed by atoms with E-state index in [1.807, 2.05) is 30.3 Å². The van der Waals surface area contributed by atoms with E-state index < -0.39 is 14.4 Å². The van der Waals surface area contributed by atoms with E-state index in [1.54, 1.807) is 0 Å². The summed E-state index contributed by atoms with van der Waals surface area (Å²) >= 11 is 0. The number of hydrogen-bond acceptors (Lipinski definition) is 4. The molecule has 0 unspecified atom stereocenters. The number of benzene rings is 1. The van der Waals surface area contributed by atoms with Crippen molar-refractivity contribution in [1.82, 2.24) is 5.32 Å². The van der Waals surface area contributed by atoms with Crippen LogP contribution in [-0.4, -0.2) is 32.8 Å². The molecule has 0 heterocycles. The third-order valence-corrected chi connectivity index (χ3v) is 12.5. The van der Waals surface area contributed by atoms with Gasteiger partial charge in [-0.2, -0.15) is 0 Å². The monoisotopic (exact) mass is 502 g/mol. The van der Waals surface area contributed by atoms with Crippen molar-refractivity contribution in [2.45, 2.75) is 116 Å². The molecule has 1 amide bonds. The number of alkyl carbamates (subject to hydrolysis) is 1. The summed E-state index contributed by atoms with van der Waals surface area (Å²) < 4.78 is 12.5. The van der Waals surface area contributed by atoms with Gasteiger partial charge in [-0.15, -0.1) is 0 Å². The minimum absolute atomic E-state index is 0.0205. The summed E-state index contributed by atoms with van der Waals surface area (Å²) in [6, 6.07) is 9.51. The topological polar surface area (TPSA) is 64.6 Å². The van der Waals surface area contributed by atoms with Crippen LogP contribution in [0.3, 0.4) is 0 Å². The lowest BCUT2D eigenvalue weighted by Gasteiger charge is -2.43. The van der Waals surface area contributed by atoms with E-state index in [2.05, 4.69) is 59.3 Å². The molecule has 1 aromatic rings. The minimum Gasteiger partial charge on any atom is -0.445 e. The van der Waals surface area contributed by atoms with Gasteiger partial charge >= 0.3 is 6.09 Å². The summed E-state index contributed by atoms with van der Waals surface area (Å²) in [6.45, 7) is 15.5. The van der Waals surface area contributed by atoms with Crippen LogP contribution < -0.4 is 5.32 Å². The van der Waals surface area contributed by atoms with Crippen molar-refractivity contribution in [2.24, 2.45) is 17.8 Å². The first-order chi connectivity index (χ1) is 16.4. The molecule has 35 heavy (non-hydrogen) atoms. The van der Waals surface area contributed by atoms with Gasteiger partial charge in [-0.1, -0.05) is 97.1 Å². The maximum Gasteiger partial charge on any atom is 0.407 e. The first-order valence-corrected chi connectivity index (χ1v) is 16.4. The highest BCUT2D eigenvalue weighted by Crippen LogP contribution is 2.39. The van der Waals surface area contributed by atoms with Crippen LogP contribution in [-0.2, 0) is 20.6 Å². The fraction of sp³-hybridized carbons (Fsp3) is 0.724. The SMILES string of the molecule is CC(C)[C@@H]([C]=O)C[C@H](O[Si](C)(C)C(C)(C)C)[C@H](CC1CCCCC1)NC(=O)OCc1ccccc1. The van der Waals surface area contributed by atoms with Crippen LogP contribution in [0.25, 0.3) is 0 Å². The lowest BCUT2D eigenvalue weighted by atomic mass is 9.81. The molecule has 0 bridgehead atoms. The summed E-state index contributed by atoms with van der Waals surface area (Å²) in [7, 11) is -2.15. The molecule has 1 saturated carbocycles. The molecule has 6 heteroatoms. The van der Waals surface area contributed by atoms with Crippen molar-refractivity contribution in [1.29, 1.82) is 0 Å². The summed E-state index contributed by atoms with van der Waals surface area (Å²) in [6.07, 6.45) is 9.11. The Bertz CT molecular complexity index is 769. The van der Waals surface area contributed by atoms with Crippen LogP contribution in [0.4, 0.5) is 4.79 Å². The maximum absolute atomic E-state index is 13.0. The summed E-state index contributed by atoms with van der Waals surface area (Å²) in [5, 5.41) is 3.20. The van der Waals surface area contributed by atoms with Crippen molar-refractivity contribution >= 4 is 20.7 Å². The zero-order chi connectivity index (χ0) is 26.1. The molecule has 3 atom stereocenters. The highest BCUT2D eigenvalue weighted by atomic mass is 28.4. The Morgan fingerprint density at radius 3 is 2.29 bits per heavy atom. The second-order valence-corrected chi connectivity index (χ2v) is 16.9. The van der Waals surface area contributed by atoms with E-state index in [9.17, 15) is 9.59 Å². The molecule has 0 spiro atoms. The second-order valence-electron chi connectivity index (χ2n) is 12.2. The van der Waals surface area contributed by atoms with E-state index in [1.165, 1.54) is 32.1 Å². The standard InChI is InChI=1S/C29H48NO4Si/c1-22(2)25(20-31)19-27(34-35(6,7)29(3,4)5)26(18-23-14-10-8-11-15-23)30-28(32)33-21-24-16-12-9-13-17-24/h9,12-13,16-17,22-23,25-27H,8,10-11,14-15,18-19,21H2,1-7H3,(H,30,32)/t25-,26+,27+/m1/s1. The molecule has 1 N–H and O–H groups in total. The van der Waals surface area contributed by atoms with Crippen LogP contribution in [0.5, 0.6) is 0 Å². The second kappa shape index (κ2) is 13.6. The Balaban J connectivity index is 2.26. The summed E-state index contributed by atoms with van der Waals surface area (Å²) in [5.41, 5.74) is 0.955. The third-order valence-electron chi connectivity index (χ3n) is 7.97. The molecule has 0 aliphatic heterocycles. The van der Waals surface area contributed by atoms with E-state index in [0.717, 1.165) is 12.0 Å². The maximum atomic E-state index is 13.0. The number of nitrogens with one attached hydrogen (secondary N) is 1. The fourth-order valence-electron chi connectivity index (χ4n) is 4.56. The zero-order valence-corrected chi connectivity index (χ0v) is 24.1. The molecule has 1 fully saturated rings. The smallest absolute Gasteiger partial charge is 0.407 e. The Morgan fingerprint density at radius 2 is 1.74 bits per heavy atom. The van der Waals surface area contributed by atoms with Crippen LogP contribution in [0.15, 0.2) is 30.3 Å². The molecule has 197 valence electrons. The zero-order valence-electron chi connectivity index (χ0n) is 23.1. The van der Waals surface area contributed by atoms with Crippen molar-refractivity contribution in [3.05, 3.63) is 35.9 Å². The van der Waals surface area contributed by atoms with Crippen molar-refractivity contribution in [2.75, 3.05) is 0 Å². The largest absolute Gasteiger partial charge is 0.445 e. The van der Waals surface area contributed by atoms with Crippen molar-refractivity contribution in [3.63, 3.8) is 0 Å². The average molecular weight is 503 g/mol. The fourth-order valence-corrected chi connectivity index (χ4v) is 5.93. The molecular formula is C29H48NO4Si. The van der Waals surface area contributed by atoms with Crippen molar-refractivity contribution < 1.29 is 18.8 Å². The molecule has 0 aromatic heterocycles. The highest BCUT2D eigenvalue weighted by Gasteiger charge is 2.42. The first kappa shape index (κ1) is 29.6. The first-order valence-electron chi connectivity index (χ1n) is 13.5. The van der Waals surface area contributed by atoms with E-state index >= 15 is 0 Å². The predicted octanol–water partition coefficient (Wildman–Crippen LogP) is 7.41. The van der Waals surface area contributed by atoms with Gasteiger partial charge in [0.2, 0.25) is 6.29 Å². The van der Waals surface area contributed by atoms with Crippen molar-refractivity contribution in [3.8, 4) is 0 Å². The highest BCUT2D eigenvalue weighted by molar-refractivity contribution is 6.74. The van der Waals surface area contributed by atoms with Gasteiger partial charge in [-0.05, 0) is 48.4 Å². The van der Waals surface area contributed by atoms with E-state index in [0.29, 0.717) is 12.3 Å². The molecule has 5 nitrogen and oxygen atoms in total. The molecule has 1 radical (unpaired) electrons. The third kappa shape index (κ3) is 9.72. The number of rotatable bonds is 12. The Hall–Kier alpha value is -1.66. The van der Waals surface area contributed by atoms with Gasteiger partial charge in [-0.25, -0.2) is 4.79 Å². The molecule has 1 aliphatic carbocycles. The predicted molar refractivity (Wildman–Crippen MR) is 145 cm³/mol. The van der Waals surface area contributed by atoms with Crippen LogP contribution in [0.1, 0.15) is 85.1 Å². The summed E-state index contributed by atoms with van der Waals surface area (Å²) in [5.74, 6) is 0.477. The number of amides is 1. The van der Waals surface area contributed by atoms with Crippen LogP contribution in [0.2, 0.25) is 18.1 Å². The van der Waals surface area contributed by atoms with E-state index in [4.69, 9.17) is 9.16 Å². The van der Waals surface area contributed by atoms with E-state index in [-0.39, 0.29) is 35.6 Å². The lowest BCUT2D eigenvalue weighted by molar-refractivity contribution is 0.0814. The van der Waals surface area contributed by atoms with Gasteiger partial charge in [0.15, 0.2) is 8.32 Å². The van der Waals surface area contributed by atoms with Gasteiger partial charge in [0.05, 0.1) is 12.1 Å². The number of ether oxygens (including phenoxy) is 1. The Labute approximate surface area is 214 Å². The molecule has 1 aromatic carbocycles. The molecule has 0 saturated heterocycles. The Kier molecular flexibility index (Phi) is 11.5. The van der Waals surface area contributed by atoms with Crippen LogP contribution in [0, 0.1) is 17.8 Å². The normalized spacial score (nSPS) is 18.1. The van der Waals surface area contributed by atoms with Crippen LogP contribution >= 0.6 is 0 Å². The lowest BCUT2D eigenvalue weighted by Crippen LogP contribution is -2.53. The van der Waals surface area contributed by atoms with Gasteiger partial charge < -0.3 is 14.5 Å². The quantitative estimate of drug-likeness (QED) is 0.302. The van der Waals surface area contributed by atoms with Gasteiger partial charge in [-0.3, -0.25) is 4.79 Å². The van der Waals surface area contributed by atoms with Gasteiger partial charge in [0.25, 0.3) is 0 Å². The molecule has 1 aliphatic rings. The van der Waals surface area contributed by atoms with Gasteiger partial charge in [0, 0.05) is 5.92 Å². The summed E-state index contributed by atoms with van der Waals surface area (Å²) in [4.78, 5) is 24.8. The Morgan fingerprint density at radius 1 is 1.11 bits per heavy atom. The number of carbonyl (C=O) groups excluding carboxylic acids is 2. The number of carbonyl (C=O) groups is 1.